The molecule has 0 saturated heterocycles. The minimum atomic E-state index is -0.297. The van der Waals surface area contributed by atoms with E-state index >= 15 is 0 Å². The average Bonchev–Trinajstić information content (AvgIpc) is 2.73. The van der Waals surface area contributed by atoms with Crippen LogP contribution in [-0.4, -0.2) is 16.3 Å². The van der Waals surface area contributed by atoms with Gasteiger partial charge in [-0.25, -0.2) is 4.39 Å². The van der Waals surface area contributed by atoms with Crippen molar-refractivity contribution in [2.24, 2.45) is 7.05 Å². The number of aromatic nitrogens is 2. The van der Waals surface area contributed by atoms with Crippen LogP contribution in [0.4, 0.5) is 4.39 Å². The van der Waals surface area contributed by atoms with E-state index in [9.17, 15) is 4.39 Å². The number of hydrogen-bond donors (Lipinski definition) is 1. The maximum atomic E-state index is 14.2. The Labute approximate surface area is 123 Å². The normalized spacial score (nSPS) is 12.7. The van der Waals surface area contributed by atoms with Crippen molar-refractivity contribution in [2.75, 3.05) is 6.54 Å². The molecule has 1 unspecified atom stereocenters. The van der Waals surface area contributed by atoms with E-state index in [2.05, 4.69) is 17.3 Å². The highest BCUT2D eigenvalue weighted by Crippen LogP contribution is 2.28. The van der Waals surface area contributed by atoms with Gasteiger partial charge in [0.15, 0.2) is 0 Å². The first kappa shape index (κ1) is 15.0. The van der Waals surface area contributed by atoms with Crippen LogP contribution in [0.2, 0.25) is 5.02 Å². The maximum absolute atomic E-state index is 14.2. The zero-order chi connectivity index (χ0) is 14.7. The van der Waals surface area contributed by atoms with Gasteiger partial charge < -0.3 is 5.32 Å². The number of nitrogens with one attached hydrogen (secondary N) is 1. The van der Waals surface area contributed by atoms with Crippen molar-refractivity contribution in [1.82, 2.24) is 15.1 Å². The molecule has 0 aliphatic carbocycles. The largest absolute Gasteiger partial charge is 0.306 e. The molecule has 1 aromatic carbocycles. The lowest BCUT2D eigenvalue weighted by atomic mass is 9.98. The Kier molecular flexibility index (Phi) is 4.78. The Balaban J connectivity index is 2.44. The van der Waals surface area contributed by atoms with Gasteiger partial charge in [-0.1, -0.05) is 24.6 Å². The topological polar surface area (TPSA) is 29.9 Å². The zero-order valence-corrected chi connectivity index (χ0v) is 12.7. The minimum Gasteiger partial charge on any atom is -0.306 e. The van der Waals surface area contributed by atoms with Crippen molar-refractivity contribution in [3.63, 3.8) is 0 Å². The van der Waals surface area contributed by atoms with Gasteiger partial charge in [-0.2, -0.15) is 5.10 Å². The lowest BCUT2D eigenvalue weighted by Crippen LogP contribution is -2.24. The molecule has 1 N–H and O–H groups in total. The molecule has 0 fully saturated rings. The molecule has 2 rings (SSSR count). The fourth-order valence-corrected chi connectivity index (χ4v) is 2.37. The maximum Gasteiger partial charge on any atom is 0.129 e. The molecule has 0 aliphatic heterocycles. The third-order valence-electron chi connectivity index (χ3n) is 3.46. The number of hydrogen-bond acceptors (Lipinski definition) is 2. The van der Waals surface area contributed by atoms with Gasteiger partial charge in [0.1, 0.15) is 5.82 Å². The Morgan fingerprint density at radius 3 is 2.70 bits per heavy atom. The van der Waals surface area contributed by atoms with Crippen molar-refractivity contribution >= 4 is 11.6 Å². The van der Waals surface area contributed by atoms with Crippen LogP contribution in [0.25, 0.3) is 0 Å². The van der Waals surface area contributed by atoms with Gasteiger partial charge in [-0.05, 0) is 32.0 Å². The molecule has 3 nitrogen and oxygen atoms in total. The lowest BCUT2D eigenvalue weighted by Gasteiger charge is -2.19. The third kappa shape index (κ3) is 3.02. The summed E-state index contributed by atoms with van der Waals surface area (Å²) in [7, 11) is 1.88. The van der Waals surface area contributed by atoms with Gasteiger partial charge in [-0.3, -0.25) is 4.68 Å². The van der Waals surface area contributed by atoms with Gasteiger partial charge in [0, 0.05) is 28.9 Å². The molecule has 0 amide bonds. The van der Waals surface area contributed by atoms with E-state index in [4.69, 9.17) is 11.6 Å². The molecule has 1 atom stereocenters. The standard InChI is InChI=1S/C15H19ClFN3/c1-4-7-18-15(13-9-19-20(3)10(13)2)12-6-5-11(16)8-14(12)17/h5-6,8-9,15,18H,4,7H2,1-3H3. The number of halogens is 2. The van der Waals surface area contributed by atoms with Crippen LogP contribution in [0.15, 0.2) is 24.4 Å². The van der Waals surface area contributed by atoms with E-state index in [-0.39, 0.29) is 11.9 Å². The average molecular weight is 296 g/mol. The Morgan fingerprint density at radius 1 is 1.40 bits per heavy atom. The molecule has 1 heterocycles. The number of benzene rings is 1. The summed E-state index contributed by atoms with van der Waals surface area (Å²) in [5, 5.41) is 8.03. The molecular weight excluding hydrogens is 277 g/mol. The van der Waals surface area contributed by atoms with E-state index < -0.39 is 0 Å². The van der Waals surface area contributed by atoms with Crippen LogP contribution >= 0.6 is 11.6 Å². The lowest BCUT2D eigenvalue weighted by molar-refractivity contribution is 0.544. The van der Waals surface area contributed by atoms with E-state index in [1.807, 2.05) is 14.0 Å². The molecule has 2 aromatic rings. The summed E-state index contributed by atoms with van der Waals surface area (Å²) in [5.74, 6) is -0.297. The van der Waals surface area contributed by atoms with Gasteiger partial charge in [0.2, 0.25) is 0 Å². The second-order valence-electron chi connectivity index (χ2n) is 4.86. The number of aryl methyl sites for hydroxylation is 1. The van der Waals surface area contributed by atoms with Crippen molar-refractivity contribution < 1.29 is 4.39 Å². The minimum absolute atomic E-state index is 0.207. The van der Waals surface area contributed by atoms with Crippen LogP contribution in [0, 0.1) is 12.7 Å². The Hall–Kier alpha value is -1.39. The molecule has 108 valence electrons. The summed E-state index contributed by atoms with van der Waals surface area (Å²) >= 11 is 5.83. The van der Waals surface area contributed by atoms with E-state index in [0.29, 0.717) is 10.6 Å². The van der Waals surface area contributed by atoms with Crippen molar-refractivity contribution in [3.05, 3.63) is 52.1 Å². The van der Waals surface area contributed by atoms with Crippen molar-refractivity contribution in [3.8, 4) is 0 Å². The second kappa shape index (κ2) is 6.37. The van der Waals surface area contributed by atoms with Gasteiger partial charge in [0.05, 0.1) is 12.2 Å². The molecule has 1 aromatic heterocycles. The summed E-state index contributed by atoms with van der Waals surface area (Å²) in [6, 6.07) is 4.59. The van der Waals surface area contributed by atoms with Crippen LogP contribution in [0.1, 0.15) is 36.2 Å². The Bertz CT molecular complexity index is 595. The van der Waals surface area contributed by atoms with Gasteiger partial charge >= 0.3 is 0 Å². The second-order valence-corrected chi connectivity index (χ2v) is 5.30. The van der Waals surface area contributed by atoms with Crippen LogP contribution in [0.5, 0.6) is 0 Å². The molecule has 0 radical (unpaired) electrons. The smallest absolute Gasteiger partial charge is 0.129 e. The van der Waals surface area contributed by atoms with E-state index in [1.54, 1.807) is 23.0 Å². The summed E-state index contributed by atoms with van der Waals surface area (Å²) in [6.45, 7) is 4.87. The molecule has 5 heteroatoms. The molecule has 0 aliphatic rings. The van der Waals surface area contributed by atoms with Crippen LogP contribution in [0.3, 0.4) is 0 Å². The molecule has 0 saturated carbocycles. The summed E-state index contributed by atoms with van der Waals surface area (Å²) in [6.07, 6.45) is 2.77. The molecule has 20 heavy (non-hydrogen) atoms. The number of rotatable bonds is 5. The quantitative estimate of drug-likeness (QED) is 0.913. The van der Waals surface area contributed by atoms with Crippen LogP contribution < -0.4 is 5.32 Å². The van der Waals surface area contributed by atoms with Crippen LogP contribution in [-0.2, 0) is 7.05 Å². The summed E-state index contributed by atoms with van der Waals surface area (Å²) in [4.78, 5) is 0. The molecule has 0 spiro atoms. The fraction of sp³-hybridized carbons (Fsp3) is 0.400. The van der Waals surface area contributed by atoms with Crippen molar-refractivity contribution in [1.29, 1.82) is 0 Å². The molecule has 0 bridgehead atoms. The third-order valence-corrected chi connectivity index (χ3v) is 3.69. The van der Waals surface area contributed by atoms with Gasteiger partial charge in [0.25, 0.3) is 0 Å². The molecular formula is C15H19ClFN3. The van der Waals surface area contributed by atoms with E-state index in [0.717, 1.165) is 24.2 Å². The first-order chi connectivity index (χ1) is 9.54. The van der Waals surface area contributed by atoms with E-state index in [1.165, 1.54) is 6.07 Å². The summed E-state index contributed by atoms with van der Waals surface area (Å²) in [5.41, 5.74) is 2.61. The SMILES string of the molecule is CCCNC(c1ccc(Cl)cc1F)c1cnn(C)c1C. The Morgan fingerprint density at radius 2 is 2.15 bits per heavy atom. The highest BCUT2D eigenvalue weighted by molar-refractivity contribution is 6.30. The highest BCUT2D eigenvalue weighted by atomic mass is 35.5. The number of nitrogens with zero attached hydrogens (tertiary/aromatic N) is 2. The summed E-state index contributed by atoms with van der Waals surface area (Å²) < 4.78 is 16.0. The highest BCUT2D eigenvalue weighted by Gasteiger charge is 2.21. The van der Waals surface area contributed by atoms with Gasteiger partial charge in [-0.15, -0.1) is 0 Å². The first-order valence-corrected chi connectivity index (χ1v) is 7.09. The predicted octanol–water partition coefficient (Wildman–Crippen LogP) is 3.61. The predicted molar refractivity (Wildman–Crippen MR) is 79.5 cm³/mol. The zero-order valence-electron chi connectivity index (χ0n) is 12.0. The fourth-order valence-electron chi connectivity index (χ4n) is 2.21. The van der Waals surface area contributed by atoms with Crippen molar-refractivity contribution in [2.45, 2.75) is 26.3 Å². The first-order valence-electron chi connectivity index (χ1n) is 6.71. The monoisotopic (exact) mass is 295 g/mol.